The minimum absolute atomic E-state index is 0.0846. The first kappa shape index (κ1) is 10.9. The Morgan fingerprint density at radius 3 is 2.80 bits per heavy atom. The van der Waals surface area contributed by atoms with Crippen LogP contribution in [0.3, 0.4) is 0 Å². The zero-order valence-corrected chi connectivity index (χ0v) is 10.3. The first-order chi connectivity index (χ1) is 9.75. The number of aliphatic imine (C=N–C) groups is 1. The van der Waals surface area contributed by atoms with Crippen molar-refractivity contribution in [3.63, 3.8) is 0 Å². The molecule has 0 aliphatic carbocycles. The molecule has 1 aliphatic heterocycles. The Morgan fingerprint density at radius 2 is 1.95 bits per heavy atom. The van der Waals surface area contributed by atoms with Crippen molar-refractivity contribution in [1.29, 1.82) is 0 Å². The molecule has 0 atom stereocenters. The third-order valence-corrected chi connectivity index (χ3v) is 3.38. The van der Waals surface area contributed by atoms with Crippen LogP contribution >= 0.6 is 0 Å². The molecule has 4 rings (SSSR count). The van der Waals surface area contributed by atoms with E-state index < -0.39 is 0 Å². The molecule has 0 spiro atoms. The molecule has 5 heteroatoms. The summed E-state index contributed by atoms with van der Waals surface area (Å²) in [6, 6.07) is 10.7. The van der Waals surface area contributed by atoms with Crippen LogP contribution < -0.4 is 0 Å². The summed E-state index contributed by atoms with van der Waals surface area (Å²) >= 11 is 0. The third kappa shape index (κ3) is 1.34. The van der Waals surface area contributed by atoms with Gasteiger partial charge in [-0.25, -0.2) is 9.98 Å². The average Bonchev–Trinajstić information content (AvgIpc) is 2.96. The number of ketones is 1. The second-order valence-corrected chi connectivity index (χ2v) is 4.55. The SMILES string of the molecule is O=C1C(c2c(O)[nH]c3ncccc23)=Nc2ccccc21. The molecule has 0 amide bonds. The molecule has 20 heavy (non-hydrogen) atoms. The van der Waals surface area contributed by atoms with Crippen molar-refractivity contribution in [3.8, 4) is 5.88 Å². The number of benzene rings is 1. The van der Waals surface area contributed by atoms with E-state index in [0.717, 1.165) is 0 Å². The summed E-state index contributed by atoms with van der Waals surface area (Å²) in [7, 11) is 0. The van der Waals surface area contributed by atoms with Gasteiger partial charge in [0, 0.05) is 17.1 Å². The molecule has 0 saturated heterocycles. The first-order valence-corrected chi connectivity index (χ1v) is 6.14. The lowest BCUT2D eigenvalue weighted by molar-refractivity contribution is 0.107. The van der Waals surface area contributed by atoms with Crippen LogP contribution in [0.2, 0.25) is 0 Å². The molecule has 3 aromatic rings. The number of aromatic amines is 1. The van der Waals surface area contributed by atoms with Gasteiger partial charge in [-0.05, 0) is 24.3 Å². The highest BCUT2D eigenvalue weighted by atomic mass is 16.3. The van der Waals surface area contributed by atoms with Gasteiger partial charge in [0.15, 0.2) is 5.88 Å². The lowest BCUT2D eigenvalue weighted by Gasteiger charge is -1.98. The van der Waals surface area contributed by atoms with Crippen molar-refractivity contribution in [2.24, 2.45) is 4.99 Å². The molecular formula is C15H9N3O2. The van der Waals surface area contributed by atoms with Gasteiger partial charge in [0.05, 0.1) is 11.3 Å². The Labute approximate surface area is 113 Å². The number of fused-ring (bicyclic) bond motifs is 2. The quantitative estimate of drug-likeness (QED) is 0.708. The van der Waals surface area contributed by atoms with Crippen LogP contribution in [0.4, 0.5) is 5.69 Å². The molecule has 1 aromatic carbocycles. The van der Waals surface area contributed by atoms with E-state index in [4.69, 9.17) is 0 Å². The Morgan fingerprint density at radius 1 is 1.10 bits per heavy atom. The molecule has 2 N–H and O–H groups in total. The highest BCUT2D eigenvalue weighted by molar-refractivity contribution is 6.56. The number of hydrogen-bond donors (Lipinski definition) is 2. The average molecular weight is 263 g/mol. The number of carbonyl (C=O) groups is 1. The Balaban J connectivity index is 1.99. The minimum Gasteiger partial charge on any atom is -0.494 e. The second-order valence-electron chi connectivity index (χ2n) is 4.55. The maximum absolute atomic E-state index is 12.4. The van der Waals surface area contributed by atoms with Crippen LogP contribution in [0.1, 0.15) is 15.9 Å². The Bertz CT molecular complexity index is 893. The number of pyridine rings is 1. The highest BCUT2D eigenvalue weighted by Crippen LogP contribution is 2.34. The van der Waals surface area contributed by atoms with Crippen molar-refractivity contribution in [2.45, 2.75) is 0 Å². The zero-order chi connectivity index (χ0) is 13.7. The van der Waals surface area contributed by atoms with E-state index in [2.05, 4.69) is 15.0 Å². The van der Waals surface area contributed by atoms with Crippen LogP contribution in [-0.4, -0.2) is 26.6 Å². The smallest absolute Gasteiger partial charge is 0.214 e. The Hall–Kier alpha value is -2.95. The molecule has 0 saturated carbocycles. The molecular weight excluding hydrogens is 254 g/mol. The number of nitrogens with zero attached hydrogens (tertiary/aromatic N) is 2. The van der Waals surface area contributed by atoms with E-state index in [0.29, 0.717) is 27.8 Å². The summed E-state index contributed by atoms with van der Waals surface area (Å²) in [4.78, 5) is 23.6. The maximum atomic E-state index is 12.4. The molecule has 0 fully saturated rings. The molecule has 5 nitrogen and oxygen atoms in total. The van der Waals surface area contributed by atoms with Crippen LogP contribution in [0.5, 0.6) is 5.88 Å². The summed E-state index contributed by atoms with van der Waals surface area (Å²) in [6.45, 7) is 0. The van der Waals surface area contributed by atoms with Crippen molar-refractivity contribution < 1.29 is 9.90 Å². The lowest BCUT2D eigenvalue weighted by atomic mass is 10.0. The van der Waals surface area contributed by atoms with Crippen molar-refractivity contribution in [2.75, 3.05) is 0 Å². The van der Waals surface area contributed by atoms with Crippen molar-refractivity contribution >= 4 is 28.2 Å². The first-order valence-electron chi connectivity index (χ1n) is 6.14. The van der Waals surface area contributed by atoms with Gasteiger partial charge in [-0.1, -0.05) is 12.1 Å². The zero-order valence-electron chi connectivity index (χ0n) is 10.3. The normalized spacial score (nSPS) is 13.6. The fraction of sp³-hybridized carbons (Fsp3) is 0. The second kappa shape index (κ2) is 3.77. The van der Waals surface area contributed by atoms with Gasteiger partial charge in [-0.15, -0.1) is 0 Å². The van der Waals surface area contributed by atoms with Gasteiger partial charge in [0.1, 0.15) is 11.4 Å². The number of hydrogen-bond acceptors (Lipinski definition) is 4. The summed E-state index contributed by atoms with van der Waals surface area (Å²) in [6.07, 6.45) is 1.62. The largest absolute Gasteiger partial charge is 0.494 e. The van der Waals surface area contributed by atoms with E-state index in [9.17, 15) is 9.90 Å². The number of carbonyl (C=O) groups excluding carboxylic acids is 1. The van der Waals surface area contributed by atoms with E-state index in [1.165, 1.54) is 0 Å². The standard InChI is InChI=1S/C15H9N3O2/c19-13-8-4-1-2-6-10(8)17-12(13)11-9-5-3-7-16-14(9)18-15(11)20/h1-7,20H,(H,16,18). The van der Waals surface area contributed by atoms with Gasteiger partial charge >= 0.3 is 0 Å². The van der Waals surface area contributed by atoms with Gasteiger partial charge in [0.2, 0.25) is 5.78 Å². The van der Waals surface area contributed by atoms with Crippen LogP contribution in [0.15, 0.2) is 47.6 Å². The highest BCUT2D eigenvalue weighted by Gasteiger charge is 2.29. The Kier molecular flexibility index (Phi) is 2.06. The third-order valence-electron chi connectivity index (χ3n) is 3.38. The number of H-pyrrole nitrogens is 1. The minimum atomic E-state index is -0.180. The molecule has 96 valence electrons. The molecule has 1 aliphatic rings. The number of nitrogens with one attached hydrogen (secondary N) is 1. The number of para-hydroxylation sites is 1. The van der Waals surface area contributed by atoms with Gasteiger partial charge in [-0.2, -0.15) is 0 Å². The van der Waals surface area contributed by atoms with Crippen molar-refractivity contribution in [1.82, 2.24) is 9.97 Å². The van der Waals surface area contributed by atoms with Crippen LogP contribution in [0, 0.1) is 0 Å². The number of rotatable bonds is 1. The summed E-state index contributed by atoms with van der Waals surface area (Å²) in [5.74, 6) is -0.265. The van der Waals surface area contributed by atoms with E-state index in [-0.39, 0.29) is 17.4 Å². The number of Topliss-reactive ketones (excluding diaryl/α,β-unsaturated/α-hetero) is 1. The molecule has 0 unspecified atom stereocenters. The van der Waals surface area contributed by atoms with Gasteiger partial charge < -0.3 is 10.1 Å². The predicted octanol–water partition coefficient (Wildman–Crippen LogP) is 2.59. The van der Waals surface area contributed by atoms with Crippen LogP contribution in [0.25, 0.3) is 11.0 Å². The number of aromatic hydroxyl groups is 1. The van der Waals surface area contributed by atoms with E-state index in [1.807, 2.05) is 6.07 Å². The lowest BCUT2D eigenvalue weighted by Crippen LogP contribution is -2.10. The fourth-order valence-corrected chi connectivity index (χ4v) is 2.48. The van der Waals surface area contributed by atoms with Gasteiger partial charge in [0.25, 0.3) is 0 Å². The molecule has 0 radical (unpaired) electrons. The molecule has 0 bridgehead atoms. The van der Waals surface area contributed by atoms with E-state index >= 15 is 0 Å². The predicted molar refractivity (Wildman–Crippen MR) is 74.7 cm³/mol. The maximum Gasteiger partial charge on any atom is 0.214 e. The summed E-state index contributed by atoms with van der Waals surface area (Å²) < 4.78 is 0. The molecule has 3 heterocycles. The summed E-state index contributed by atoms with van der Waals surface area (Å²) in [5, 5.41) is 10.7. The van der Waals surface area contributed by atoms with Crippen LogP contribution in [-0.2, 0) is 0 Å². The van der Waals surface area contributed by atoms with E-state index in [1.54, 1.807) is 36.5 Å². The monoisotopic (exact) mass is 263 g/mol. The van der Waals surface area contributed by atoms with Crippen molar-refractivity contribution in [3.05, 3.63) is 53.7 Å². The summed E-state index contributed by atoms with van der Waals surface area (Å²) in [5.41, 5.74) is 2.38. The topological polar surface area (TPSA) is 78.3 Å². The fourth-order valence-electron chi connectivity index (χ4n) is 2.48. The van der Waals surface area contributed by atoms with Gasteiger partial charge in [-0.3, -0.25) is 4.79 Å². The molecule has 2 aromatic heterocycles. The number of aromatic nitrogens is 2.